The summed E-state index contributed by atoms with van der Waals surface area (Å²) in [6, 6.07) is 16.4. The maximum absolute atomic E-state index is 6.08. The first-order valence-corrected chi connectivity index (χ1v) is 7.84. The highest BCUT2D eigenvalue weighted by atomic mass is 16.5. The van der Waals surface area contributed by atoms with Crippen molar-refractivity contribution in [2.75, 3.05) is 18.6 Å². The number of rotatable bonds is 7. The molecule has 118 valence electrons. The van der Waals surface area contributed by atoms with Gasteiger partial charge in [-0.3, -0.25) is 0 Å². The average Bonchev–Trinajstić information content (AvgIpc) is 2.56. The second-order valence-electron chi connectivity index (χ2n) is 5.20. The molecule has 0 heterocycles. The molecule has 0 fully saturated rings. The number of benzene rings is 2. The lowest BCUT2D eigenvalue weighted by Crippen LogP contribution is -2.37. The van der Waals surface area contributed by atoms with E-state index in [0.717, 1.165) is 30.2 Å². The van der Waals surface area contributed by atoms with Gasteiger partial charge in [0.25, 0.3) is 0 Å². The minimum Gasteiger partial charge on any atom is -0.497 e. The molecule has 3 heteroatoms. The fourth-order valence-electron chi connectivity index (χ4n) is 2.50. The van der Waals surface area contributed by atoms with E-state index in [2.05, 4.69) is 43.9 Å². The topological polar surface area (TPSA) is 21.7 Å². The van der Waals surface area contributed by atoms with Crippen LogP contribution in [-0.2, 0) is 6.42 Å². The Bertz CT molecular complexity index is 580. The Kier molecular flexibility index (Phi) is 5.70. The fraction of sp³-hybridized carbons (Fsp3) is 0.368. The van der Waals surface area contributed by atoms with E-state index in [1.807, 2.05) is 30.3 Å². The highest BCUT2D eigenvalue weighted by Gasteiger charge is 2.15. The van der Waals surface area contributed by atoms with Crippen LogP contribution in [0.1, 0.15) is 26.3 Å². The van der Waals surface area contributed by atoms with Crippen molar-refractivity contribution in [1.29, 1.82) is 0 Å². The zero-order valence-corrected chi connectivity index (χ0v) is 13.9. The van der Waals surface area contributed by atoms with Gasteiger partial charge >= 0.3 is 0 Å². The molecule has 0 spiro atoms. The van der Waals surface area contributed by atoms with E-state index < -0.39 is 0 Å². The molecule has 22 heavy (non-hydrogen) atoms. The van der Waals surface area contributed by atoms with Crippen LogP contribution in [0, 0.1) is 0 Å². The van der Waals surface area contributed by atoms with Crippen LogP contribution in [-0.4, -0.2) is 19.9 Å². The molecule has 0 saturated heterocycles. The Morgan fingerprint density at radius 3 is 2.32 bits per heavy atom. The van der Waals surface area contributed by atoms with E-state index in [9.17, 15) is 0 Å². The molecule has 0 aliphatic heterocycles. The monoisotopic (exact) mass is 299 g/mol. The Morgan fingerprint density at radius 2 is 1.73 bits per heavy atom. The molecular formula is C19H25NO2. The summed E-state index contributed by atoms with van der Waals surface area (Å²) in [6.45, 7) is 7.21. The van der Waals surface area contributed by atoms with Gasteiger partial charge < -0.3 is 14.4 Å². The predicted octanol–water partition coefficient (Wildman–Crippen LogP) is 4.51. The van der Waals surface area contributed by atoms with Gasteiger partial charge in [0.2, 0.25) is 0 Å². The molecule has 0 aliphatic carbocycles. The first-order chi connectivity index (χ1) is 10.7. The van der Waals surface area contributed by atoms with Crippen LogP contribution >= 0.6 is 0 Å². The van der Waals surface area contributed by atoms with Gasteiger partial charge in [-0.15, -0.1) is 0 Å². The maximum atomic E-state index is 6.08. The highest BCUT2D eigenvalue weighted by molar-refractivity contribution is 5.51. The van der Waals surface area contributed by atoms with E-state index in [0.29, 0.717) is 0 Å². The SMILES string of the molecule is CCc1ccc(OC(C)N(CC)c2cccc(OC)c2)cc1. The summed E-state index contributed by atoms with van der Waals surface area (Å²) in [6.07, 6.45) is 0.991. The highest BCUT2D eigenvalue weighted by Crippen LogP contribution is 2.24. The largest absolute Gasteiger partial charge is 0.497 e. The maximum Gasteiger partial charge on any atom is 0.169 e. The van der Waals surface area contributed by atoms with Crippen LogP contribution in [0.3, 0.4) is 0 Å². The van der Waals surface area contributed by atoms with Crippen LogP contribution in [0.5, 0.6) is 11.5 Å². The quantitative estimate of drug-likeness (QED) is 0.702. The number of hydrogen-bond donors (Lipinski definition) is 0. The number of nitrogens with zero attached hydrogens (tertiary/aromatic N) is 1. The Hall–Kier alpha value is -2.16. The minimum atomic E-state index is -0.0513. The van der Waals surface area contributed by atoms with Gasteiger partial charge in [-0.2, -0.15) is 0 Å². The van der Waals surface area contributed by atoms with Crippen molar-refractivity contribution in [3.63, 3.8) is 0 Å². The average molecular weight is 299 g/mol. The summed E-state index contributed by atoms with van der Waals surface area (Å²) >= 11 is 0. The predicted molar refractivity (Wildman–Crippen MR) is 91.9 cm³/mol. The molecule has 0 aromatic heterocycles. The van der Waals surface area contributed by atoms with E-state index >= 15 is 0 Å². The molecule has 2 aromatic rings. The summed E-state index contributed by atoms with van der Waals surface area (Å²) in [5, 5.41) is 0. The standard InChI is InChI=1S/C19H25NO2/c1-5-16-10-12-18(13-11-16)22-15(3)20(6-2)17-8-7-9-19(14-17)21-4/h7-15H,5-6H2,1-4H3. The Morgan fingerprint density at radius 1 is 1.00 bits per heavy atom. The summed E-state index contributed by atoms with van der Waals surface area (Å²) in [4.78, 5) is 2.20. The summed E-state index contributed by atoms with van der Waals surface area (Å²) in [7, 11) is 1.69. The van der Waals surface area contributed by atoms with Gasteiger partial charge in [0.1, 0.15) is 11.5 Å². The van der Waals surface area contributed by atoms with Crippen molar-refractivity contribution in [3.05, 3.63) is 54.1 Å². The molecule has 2 rings (SSSR count). The lowest BCUT2D eigenvalue weighted by Gasteiger charge is -2.30. The second-order valence-corrected chi connectivity index (χ2v) is 5.20. The number of hydrogen-bond acceptors (Lipinski definition) is 3. The molecule has 0 radical (unpaired) electrons. The van der Waals surface area contributed by atoms with E-state index in [-0.39, 0.29) is 6.23 Å². The first-order valence-electron chi connectivity index (χ1n) is 7.84. The molecule has 3 nitrogen and oxygen atoms in total. The minimum absolute atomic E-state index is 0.0513. The third-order valence-corrected chi connectivity index (χ3v) is 3.80. The smallest absolute Gasteiger partial charge is 0.169 e. The van der Waals surface area contributed by atoms with Gasteiger partial charge in [-0.25, -0.2) is 0 Å². The third-order valence-electron chi connectivity index (χ3n) is 3.80. The third kappa shape index (κ3) is 3.94. The van der Waals surface area contributed by atoms with Crippen molar-refractivity contribution in [2.45, 2.75) is 33.4 Å². The van der Waals surface area contributed by atoms with Crippen LogP contribution < -0.4 is 14.4 Å². The number of anilines is 1. The number of ether oxygens (including phenoxy) is 2. The van der Waals surface area contributed by atoms with Gasteiger partial charge in [0, 0.05) is 18.3 Å². The molecule has 0 bridgehead atoms. The van der Waals surface area contributed by atoms with E-state index in [4.69, 9.17) is 9.47 Å². The molecule has 0 saturated carbocycles. The Balaban J connectivity index is 2.11. The first kappa shape index (κ1) is 16.2. The molecule has 1 atom stereocenters. The van der Waals surface area contributed by atoms with Gasteiger partial charge in [0.15, 0.2) is 6.23 Å². The van der Waals surface area contributed by atoms with E-state index in [1.165, 1.54) is 5.56 Å². The number of methoxy groups -OCH3 is 1. The van der Waals surface area contributed by atoms with Crippen molar-refractivity contribution in [1.82, 2.24) is 0 Å². The van der Waals surface area contributed by atoms with Crippen LogP contribution in [0.4, 0.5) is 5.69 Å². The molecule has 1 unspecified atom stereocenters. The van der Waals surface area contributed by atoms with Gasteiger partial charge in [-0.05, 0) is 50.1 Å². The van der Waals surface area contributed by atoms with Crippen molar-refractivity contribution < 1.29 is 9.47 Å². The lowest BCUT2D eigenvalue weighted by molar-refractivity contribution is 0.216. The zero-order valence-electron chi connectivity index (χ0n) is 13.9. The molecule has 0 amide bonds. The summed E-state index contributed by atoms with van der Waals surface area (Å²) < 4.78 is 11.4. The van der Waals surface area contributed by atoms with Gasteiger partial charge in [-0.1, -0.05) is 25.1 Å². The lowest BCUT2D eigenvalue weighted by atomic mass is 10.2. The zero-order chi connectivity index (χ0) is 15.9. The van der Waals surface area contributed by atoms with Crippen molar-refractivity contribution in [2.24, 2.45) is 0 Å². The van der Waals surface area contributed by atoms with Crippen LogP contribution in [0.15, 0.2) is 48.5 Å². The normalized spacial score (nSPS) is 11.8. The molecular weight excluding hydrogens is 274 g/mol. The molecule has 0 aliphatic rings. The van der Waals surface area contributed by atoms with E-state index in [1.54, 1.807) is 7.11 Å². The van der Waals surface area contributed by atoms with Crippen LogP contribution in [0.25, 0.3) is 0 Å². The molecule has 2 aromatic carbocycles. The summed E-state index contributed by atoms with van der Waals surface area (Å²) in [5.41, 5.74) is 2.42. The van der Waals surface area contributed by atoms with Crippen molar-refractivity contribution >= 4 is 5.69 Å². The van der Waals surface area contributed by atoms with Crippen molar-refractivity contribution in [3.8, 4) is 11.5 Å². The van der Waals surface area contributed by atoms with Gasteiger partial charge in [0.05, 0.1) is 7.11 Å². The summed E-state index contributed by atoms with van der Waals surface area (Å²) in [5.74, 6) is 1.75. The number of aryl methyl sites for hydroxylation is 1. The second kappa shape index (κ2) is 7.74. The fourth-order valence-corrected chi connectivity index (χ4v) is 2.50. The Labute approximate surface area is 133 Å². The molecule has 0 N–H and O–H groups in total. The van der Waals surface area contributed by atoms with Crippen LogP contribution in [0.2, 0.25) is 0 Å².